The highest BCUT2D eigenvalue weighted by Gasteiger charge is 2.54. The van der Waals surface area contributed by atoms with Crippen LogP contribution in [-0.2, 0) is 6.54 Å². The quantitative estimate of drug-likeness (QED) is 0.292. The van der Waals surface area contributed by atoms with Gasteiger partial charge in [-0.15, -0.1) is 6.58 Å². The number of aromatic nitrogens is 1. The lowest BCUT2D eigenvalue weighted by atomic mass is 9.71. The molecule has 8 heteroatoms. The van der Waals surface area contributed by atoms with Gasteiger partial charge in [0.1, 0.15) is 24.4 Å². The van der Waals surface area contributed by atoms with Gasteiger partial charge in [0, 0.05) is 35.9 Å². The smallest absolute Gasteiger partial charge is 0.194 e. The van der Waals surface area contributed by atoms with Gasteiger partial charge in [-0.05, 0) is 47.9 Å². The predicted molar refractivity (Wildman–Crippen MR) is 123 cm³/mol. The Kier molecular flexibility index (Phi) is 7.27. The van der Waals surface area contributed by atoms with Crippen molar-refractivity contribution in [3.05, 3.63) is 83.8 Å². The second-order valence-corrected chi connectivity index (χ2v) is 9.60. The summed E-state index contributed by atoms with van der Waals surface area (Å²) in [5.74, 6) is -2.54. The lowest BCUT2D eigenvalue weighted by Crippen LogP contribution is -3.00. The standard InChI is InChI=1S/C27H28F3N2O2.BrH/c1-3-16-14-32(15-18-4-6-22(28)26(30)25(18)29)11-9-17(16)12-24(32)27(33)20-8-10-31-23-7-5-19(34-2)13-21(20)23;/h3-8,10,13,16-17,24,27,33H,1,9,11-12,14-15H2,2H3;1H/q+1;/p-1/t16?,17?,24?,27-,32?;/m0./s1. The van der Waals surface area contributed by atoms with Crippen LogP contribution < -0.4 is 21.7 Å². The average Bonchev–Trinajstić information content (AvgIpc) is 2.88. The van der Waals surface area contributed by atoms with Crippen LogP contribution in [-0.4, -0.2) is 40.8 Å². The molecule has 3 saturated heterocycles. The van der Waals surface area contributed by atoms with Crippen LogP contribution in [0.25, 0.3) is 10.9 Å². The van der Waals surface area contributed by atoms with Gasteiger partial charge in [-0.1, -0.05) is 6.08 Å². The highest BCUT2D eigenvalue weighted by Crippen LogP contribution is 2.48. The summed E-state index contributed by atoms with van der Waals surface area (Å²) in [5.41, 5.74) is 1.61. The van der Waals surface area contributed by atoms with E-state index in [-0.39, 0.29) is 41.0 Å². The number of aliphatic hydroxyl groups excluding tert-OH is 1. The summed E-state index contributed by atoms with van der Waals surface area (Å²) in [6.45, 7) is 5.56. The molecule has 3 aliphatic rings. The molecule has 1 aromatic heterocycles. The number of benzene rings is 2. The van der Waals surface area contributed by atoms with E-state index in [1.807, 2.05) is 30.3 Å². The number of pyridine rings is 1. The summed E-state index contributed by atoms with van der Waals surface area (Å²) in [7, 11) is 1.59. The zero-order valence-electron chi connectivity index (χ0n) is 19.4. The molecule has 3 fully saturated rings. The van der Waals surface area contributed by atoms with Crippen LogP contribution in [0.1, 0.15) is 30.1 Å². The molecule has 6 rings (SSSR count). The maximum Gasteiger partial charge on any atom is 0.194 e. The molecule has 4 unspecified atom stereocenters. The number of rotatable bonds is 6. The largest absolute Gasteiger partial charge is 1.00 e. The highest BCUT2D eigenvalue weighted by atomic mass is 79.9. The Bertz CT molecular complexity index is 1260. The van der Waals surface area contributed by atoms with E-state index in [0.717, 1.165) is 41.9 Å². The Balaban J connectivity index is 0.00000289. The van der Waals surface area contributed by atoms with Gasteiger partial charge in [-0.3, -0.25) is 4.98 Å². The molecule has 0 radical (unpaired) electrons. The molecule has 3 aliphatic heterocycles. The van der Waals surface area contributed by atoms with Gasteiger partial charge in [0.05, 0.1) is 25.7 Å². The summed E-state index contributed by atoms with van der Waals surface area (Å²) >= 11 is 0. The molecule has 186 valence electrons. The Labute approximate surface area is 213 Å². The first-order chi connectivity index (χ1) is 16.4. The molecule has 0 amide bonds. The van der Waals surface area contributed by atoms with Crippen LogP contribution in [0.2, 0.25) is 0 Å². The van der Waals surface area contributed by atoms with Crippen LogP contribution in [0.5, 0.6) is 5.75 Å². The highest BCUT2D eigenvalue weighted by molar-refractivity contribution is 5.83. The van der Waals surface area contributed by atoms with Crippen molar-refractivity contribution in [3.63, 3.8) is 0 Å². The molecule has 0 spiro atoms. The van der Waals surface area contributed by atoms with E-state index in [1.165, 1.54) is 6.07 Å². The predicted octanol–water partition coefficient (Wildman–Crippen LogP) is 2.31. The van der Waals surface area contributed by atoms with Gasteiger partial charge >= 0.3 is 0 Å². The van der Waals surface area contributed by atoms with Gasteiger partial charge in [0.25, 0.3) is 0 Å². The summed E-state index contributed by atoms with van der Waals surface area (Å²) in [6, 6.07) is 9.42. The van der Waals surface area contributed by atoms with Gasteiger partial charge in [-0.25, -0.2) is 13.2 Å². The number of piperidine rings is 3. The summed E-state index contributed by atoms with van der Waals surface area (Å²) < 4.78 is 48.1. The van der Waals surface area contributed by atoms with Crippen LogP contribution in [0.3, 0.4) is 0 Å². The Morgan fingerprint density at radius 1 is 1.20 bits per heavy atom. The number of nitrogens with zero attached hydrogens (tertiary/aromatic N) is 2. The van der Waals surface area contributed by atoms with E-state index in [4.69, 9.17) is 4.74 Å². The average molecular weight is 549 g/mol. The fourth-order valence-electron chi connectivity index (χ4n) is 6.15. The second-order valence-electron chi connectivity index (χ2n) is 9.60. The van der Waals surface area contributed by atoms with E-state index >= 15 is 0 Å². The number of hydrogen-bond acceptors (Lipinski definition) is 3. The number of quaternary nitrogens is 1. The SMILES string of the molecule is C=CC1C[N+]2(Cc3ccc(F)c(F)c3F)CCC1CC2[C@@H](O)c1ccnc2ccc(OC)cc12.[Br-]. The van der Waals surface area contributed by atoms with Crippen molar-refractivity contribution in [3.8, 4) is 5.75 Å². The van der Waals surface area contributed by atoms with E-state index in [1.54, 1.807) is 13.3 Å². The molecule has 3 aromatic rings. The van der Waals surface area contributed by atoms with Crippen molar-refractivity contribution in [2.75, 3.05) is 20.2 Å². The molecular formula is C27H28BrF3N2O2. The molecule has 4 nitrogen and oxygen atoms in total. The van der Waals surface area contributed by atoms with Crippen LogP contribution in [0.4, 0.5) is 13.2 Å². The third-order valence-corrected chi connectivity index (χ3v) is 7.94. The molecule has 0 aliphatic carbocycles. The van der Waals surface area contributed by atoms with Gasteiger partial charge in [0.15, 0.2) is 17.5 Å². The number of halogens is 4. The minimum Gasteiger partial charge on any atom is -1.00 e. The number of ether oxygens (including phenoxy) is 1. The first-order valence-corrected chi connectivity index (χ1v) is 11.6. The van der Waals surface area contributed by atoms with Gasteiger partial charge in [0.2, 0.25) is 0 Å². The van der Waals surface area contributed by atoms with Crippen molar-refractivity contribution in [1.82, 2.24) is 4.98 Å². The third-order valence-electron chi connectivity index (χ3n) is 7.94. The van der Waals surface area contributed by atoms with Gasteiger partial charge < -0.3 is 31.3 Å². The Hall–Kier alpha value is -2.42. The molecule has 2 bridgehead atoms. The van der Waals surface area contributed by atoms with Crippen LogP contribution in [0.15, 0.2) is 55.3 Å². The second kappa shape index (κ2) is 9.91. The van der Waals surface area contributed by atoms with E-state index in [0.29, 0.717) is 22.7 Å². The fourth-order valence-corrected chi connectivity index (χ4v) is 6.15. The summed E-state index contributed by atoms with van der Waals surface area (Å²) in [6.07, 6.45) is 4.41. The number of fused-ring (bicyclic) bond motifs is 4. The van der Waals surface area contributed by atoms with Crippen molar-refractivity contribution in [2.45, 2.75) is 31.5 Å². The molecule has 5 atom stereocenters. The topological polar surface area (TPSA) is 42.4 Å². The minimum atomic E-state index is -1.45. The Morgan fingerprint density at radius 2 is 2.00 bits per heavy atom. The van der Waals surface area contributed by atoms with Crippen molar-refractivity contribution in [1.29, 1.82) is 0 Å². The van der Waals surface area contributed by atoms with E-state index in [2.05, 4.69) is 11.6 Å². The van der Waals surface area contributed by atoms with E-state index in [9.17, 15) is 18.3 Å². The Morgan fingerprint density at radius 3 is 2.74 bits per heavy atom. The lowest BCUT2D eigenvalue weighted by molar-refractivity contribution is -0.985. The lowest BCUT2D eigenvalue weighted by Gasteiger charge is -2.58. The molecule has 0 saturated carbocycles. The molecule has 1 N–H and O–H groups in total. The van der Waals surface area contributed by atoms with Crippen molar-refractivity contribution in [2.24, 2.45) is 11.8 Å². The molecule has 4 heterocycles. The molecule has 35 heavy (non-hydrogen) atoms. The minimum absolute atomic E-state index is 0. The maximum atomic E-state index is 14.7. The van der Waals surface area contributed by atoms with Gasteiger partial charge in [-0.2, -0.15) is 0 Å². The molecule has 2 aromatic carbocycles. The zero-order chi connectivity index (χ0) is 24.0. The normalized spacial score (nSPS) is 26.3. The van der Waals surface area contributed by atoms with Crippen molar-refractivity contribution < 1.29 is 44.5 Å². The first-order valence-electron chi connectivity index (χ1n) is 11.6. The number of methoxy groups -OCH3 is 1. The molecular weight excluding hydrogens is 521 g/mol. The van der Waals surface area contributed by atoms with Crippen molar-refractivity contribution >= 4 is 10.9 Å². The monoisotopic (exact) mass is 548 g/mol. The maximum absolute atomic E-state index is 14.7. The fraction of sp³-hybridized carbons (Fsp3) is 0.370. The summed E-state index contributed by atoms with van der Waals surface area (Å²) in [5, 5.41) is 12.6. The summed E-state index contributed by atoms with van der Waals surface area (Å²) in [4.78, 5) is 4.42. The number of hydrogen-bond donors (Lipinski definition) is 1. The van der Waals surface area contributed by atoms with Crippen LogP contribution >= 0.6 is 0 Å². The third kappa shape index (κ3) is 4.36. The first kappa shape index (κ1) is 25.7. The van der Waals surface area contributed by atoms with Crippen LogP contribution in [0, 0.1) is 29.3 Å². The zero-order valence-corrected chi connectivity index (χ0v) is 21.0. The van der Waals surface area contributed by atoms with E-state index < -0.39 is 23.6 Å². The number of aliphatic hydroxyl groups is 1.